The third kappa shape index (κ3) is 3.95. The largest absolute Gasteiger partial charge is 0.494 e. The minimum atomic E-state index is -0.586. The SMILES string of the molecule is CCOc1ccc(-n2c(C)cc(C(=O)COC(=O)c3ccoc3)c2C)cc1. The lowest BCUT2D eigenvalue weighted by Crippen LogP contribution is -2.14. The van der Waals surface area contributed by atoms with E-state index >= 15 is 0 Å². The minimum absolute atomic E-state index is 0.253. The Kier molecular flexibility index (Phi) is 5.45. The van der Waals surface area contributed by atoms with Crippen LogP contribution in [-0.4, -0.2) is 29.5 Å². The number of rotatable bonds is 7. The first-order valence-corrected chi connectivity index (χ1v) is 8.66. The monoisotopic (exact) mass is 367 g/mol. The van der Waals surface area contributed by atoms with Crippen molar-refractivity contribution in [3.05, 3.63) is 71.4 Å². The van der Waals surface area contributed by atoms with Crippen molar-refractivity contribution < 1.29 is 23.5 Å². The predicted octanol–water partition coefficient (Wildman–Crippen LogP) is 4.13. The third-order valence-electron chi connectivity index (χ3n) is 4.23. The lowest BCUT2D eigenvalue weighted by Gasteiger charge is -2.11. The van der Waals surface area contributed by atoms with E-state index in [1.807, 2.05) is 49.6 Å². The number of furan rings is 1. The predicted molar refractivity (Wildman–Crippen MR) is 99.7 cm³/mol. The average Bonchev–Trinajstić information content (AvgIpc) is 3.29. The van der Waals surface area contributed by atoms with Gasteiger partial charge >= 0.3 is 5.97 Å². The Morgan fingerprint density at radius 3 is 2.48 bits per heavy atom. The van der Waals surface area contributed by atoms with Crippen LogP contribution in [-0.2, 0) is 4.74 Å². The summed E-state index contributed by atoms with van der Waals surface area (Å²) in [4.78, 5) is 24.4. The second kappa shape index (κ2) is 7.95. The molecule has 0 radical (unpaired) electrons. The molecule has 1 aromatic carbocycles. The summed E-state index contributed by atoms with van der Waals surface area (Å²) in [6, 6.07) is 11.0. The number of esters is 1. The van der Waals surface area contributed by atoms with Crippen LogP contribution in [0.15, 0.2) is 53.3 Å². The van der Waals surface area contributed by atoms with Crippen LogP contribution in [0.25, 0.3) is 5.69 Å². The van der Waals surface area contributed by atoms with Crippen LogP contribution in [0.5, 0.6) is 5.75 Å². The standard InChI is InChI=1S/C21H21NO5/c1-4-26-18-7-5-17(6-8-18)22-14(2)11-19(15(22)3)20(23)13-27-21(24)16-9-10-25-12-16/h5-12H,4,13H2,1-3H3. The molecule has 140 valence electrons. The first kappa shape index (κ1) is 18.5. The molecule has 0 aliphatic carbocycles. The molecule has 27 heavy (non-hydrogen) atoms. The number of Topliss-reactive ketones (excluding diaryl/α,β-unsaturated/α-hetero) is 1. The zero-order chi connectivity index (χ0) is 19.4. The van der Waals surface area contributed by atoms with Crippen molar-refractivity contribution >= 4 is 11.8 Å². The Balaban J connectivity index is 1.76. The van der Waals surface area contributed by atoms with Gasteiger partial charge in [-0.05, 0) is 57.2 Å². The van der Waals surface area contributed by atoms with Crippen LogP contribution in [0.2, 0.25) is 0 Å². The van der Waals surface area contributed by atoms with Crippen molar-refractivity contribution in [1.29, 1.82) is 0 Å². The van der Waals surface area contributed by atoms with Gasteiger partial charge in [-0.1, -0.05) is 0 Å². The highest BCUT2D eigenvalue weighted by Crippen LogP contribution is 2.23. The molecule has 0 bridgehead atoms. The summed E-state index contributed by atoms with van der Waals surface area (Å²) in [6.07, 6.45) is 2.66. The van der Waals surface area contributed by atoms with Crippen LogP contribution in [0, 0.1) is 13.8 Å². The highest BCUT2D eigenvalue weighted by atomic mass is 16.5. The molecule has 3 rings (SSSR count). The van der Waals surface area contributed by atoms with Gasteiger partial charge in [-0.2, -0.15) is 0 Å². The lowest BCUT2D eigenvalue weighted by molar-refractivity contribution is 0.0474. The number of carbonyl (C=O) groups is 2. The highest BCUT2D eigenvalue weighted by molar-refractivity contribution is 6.00. The normalized spacial score (nSPS) is 10.6. The molecule has 0 saturated heterocycles. The number of benzene rings is 1. The fourth-order valence-electron chi connectivity index (χ4n) is 2.97. The lowest BCUT2D eigenvalue weighted by atomic mass is 10.1. The second-order valence-electron chi connectivity index (χ2n) is 6.06. The molecular weight excluding hydrogens is 346 g/mol. The molecule has 2 heterocycles. The summed E-state index contributed by atoms with van der Waals surface area (Å²) < 4.78 is 17.4. The number of nitrogens with zero attached hydrogens (tertiary/aromatic N) is 1. The molecule has 6 nitrogen and oxygen atoms in total. The van der Waals surface area contributed by atoms with Gasteiger partial charge in [-0.3, -0.25) is 4.79 Å². The zero-order valence-corrected chi connectivity index (χ0v) is 15.5. The second-order valence-corrected chi connectivity index (χ2v) is 6.06. The van der Waals surface area contributed by atoms with Gasteiger partial charge in [0.15, 0.2) is 6.61 Å². The Morgan fingerprint density at radius 2 is 1.85 bits per heavy atom. The van der Waals surface area contributed by atoms with E-state index in [1.165, 1.54) is 18.6 Å². The fourth-order valence-corrected chi connectivity index (χ4v) is 2.97. The zero-order valence-electron chi connectivity index (χ0n) is 15.5. The van der Waals surface area contributed by atoms with Crippen LogP contribution in [0.4, 0.5) is 0 Å². The maximum atomic E-state index is 12.5. The third-order valence-corrected chi connectivity index (χ3v) is 4.23. The van der Waals surface area contributed by atoms with Crippen LogP contribution in [0.3, 0.4) is 0 Å². The van der Waals surface area contributed by atoms with E-state index in [2.05, 4.69) is 0 Å². The molecule has 0 N–H and O–H groups in total. The molecule has 0 aliphatic rings. The quantitative estimate of drug-likeness (QED) is 0.464. The molecule has 0 unspecified atom stereocenters. The highest BCUT2D eigenvalue weighted by Gasteiger charge is 2.19. The Bertz CT molecular complexity index is 936. The van der Waals surface area contributed by atoms with E-state index in [1.54, 1.807) is 6.07 Å². The first-order valence-electron chi connectivity index (χ1n) is 8.66. The summed E-state index contributed by atoms with van der Waals surface area (Å²) in [5, 5.41) is 0. The molecule has 0 fully saturated rings. The van der Waals surface area contributed by atoms with Gasteiger partial charge in [0.25, 0.3) is 0 Å². The molecule has 0 amide bonds. The van der Waals surface area contributed by atoms with Crippen molar-refractivity contribution in [3.8, 4) is 11.4 Å². The molecule has 0 saturated carbocycles. The van der Waals surface area contributed by atoms with E-state index in [0.29, 0.717) is 12.2 Å². The van der Waals surface area contributed by atoms with Crippen LogP contribution in [0.1, 0.15) is 39.0 Å². The molecule has 2 aromatic heterocycles. The van der Waals surface area contributed by atoms with Gasteiger partial charge in [0.2, 0.25) is 5.78 Å². The molecule has 0 aliphatic heterocycles. The topological polar surface area (TPSA) is 70.7 Å². The van der Waals surface area contributed by atoms with Crippen LogP contribution < -0.4 is 4.74 Å². The Hall–Kier alpha value is -3.28. The molecule has 3 aromatic rings. The summed E-state index contributed by atoms with van der Waals surface area (Å²) in [5.74, 6) is -0.0410. The summed E-state index contributed by atoms with van der Waals surface area (Å²) >= 11 is 0. The number of hydrogen-bond donors (Lipinski definition) is 0. The van der Waals surface area contributed by atoms with E-state index in [0.717, 1.165) is 22.8 Å². The average molecular weight is 367 g/mol. The van der Waals surface area contributed by atoms with Gasteiger partial charge in [0, 0.05) is 22.6 Å². The van der Waals surface area contributed by atoms with Crippen molar-refractivity contribution in [1.82, 2.24) is 4.57 Å². The Morgan fingerprint density at radius 1 is 1.11 bits per heavy atom. The molecular formula is C21H21NO5. The maximum Gasteiger partial charge on any atom is 0.341 e. The van der Waals surface area contributed by atoms with Crippen molar-refractivity contribution in [2.45, 2.75) is 20.8 Å². The van der Waals surface area contributed by atoms with Crippen molar-refractivity contribution in [2.24, 2.45) is 0 Å². The van der Waals surface area contributed by atoms with E-state index < -0.39 is 5.97 Å². The van der Waals surface area contributed by atoms with E-state index in [9.17, 15) is 9.59 Å². The number of ether oxygens (including phenoxy) is 2. The molecule has 0 atom stereocenters. The molecule has 0 spiro atoms. The number of hydrogen-bond acceptors (Lipinski definition) is 5. The smallest absolute Gasteiger partial charge is 0.341 e. The van der Waals surface area contributed by atoms with E-state index in [-0.39, 0.29) is 18.0 Å². The molecule has 6 heteroatoms. The van der Waals surface area contributed by atoms with E-state index in [4.69, 9.17) is 13.9 Å². The van der Waals surface area contributed by atoms with Gasteiger partial charge in [-0.25, -0.2) is 4.79 Å². The maximum absolute atomic E-state index is 12.5. The van der Waals surface area contributed by atoms with Gasteiger partial charge in [-0.15, -0.1) is 0 Å². The first-order chi connectivity index (χ1) is 13.0. The minimum Gasteiger partial charge on any atom is -0.494 e. The van der Waals surface area contributed by atoms with Crippen molar-refractivity contribution in [2.75, 3.05) is 13.2 Å². The van der Waals surface area contributed by atoms with Crippen molar-refractivity contribution in [3.63, 3.8) is 0 Å². The van der Waals surface area contributed by atoms with Gasteiger partial charge in [0.05, 0.1) is 18.4 Å². The number of aryl methyl sites for hydroxylation is 1. The Labute approximate surface area is 157 Å². The summed E-state index contributed by atoms with van der Waals surface area (Å²) in [7, 11) is 0. The number of ketones is 1. The number of carbonyl (C=O) groups excluding carboxylic acids is 2. The van der Waals surface area contributed by atoms with Gasteiger partial charge < -0.3 is 18.5 Å². The fraction of sp³-hybridized carbons (Fsp3) is 0.238. The summed E-state index contributed by atoms with van der Waals surface area (Å²) in [5.41, 5.74) is 3.45. The van der Waals surface area contributed by atoms with Gasteiger partial charge in [0.1, 0.15) is 12.0 Å². The summed E-state index contributed by atoms with van der Waals surface area (Å²) in [6.45, 7) is 6.02. The van der Waals surface area contributed by atoms with Crippen LogP contribution >= 0.6 is 0 Å². The number of aromatic nitrogens is 1.